The summed E-state index contributed by atoms with van der Waals surface area (Å²) in [5, 5.41) is 9.92. The Balaban J connectivity index is 2.68. The molecule has 0 amide bonds. The predicted molar refractivity (Wildman–Crippen MR) is 80.1 cm³/mol. The number of phenolic OH excluding ortho intramolecular Hbond substituents is 1. The fourth-order valence-corrected chi connectivity index (χ4v) is 2.42. The Morgan fingerprint density at radius 3 is 2.48 bits per heavy atom. The summed E-state index contributed by atoms with van der Waals surface area (Å²) >= 11 is 1.19. The summed E-state index contributed by atoms with van der Waals surface area (Å²) in [4.78, 5) is 22.8. The number of ether oxygens (including phenoxy) is 1. The van der Waals surface area contributed by atoms with Gasteiger partial charge in [0.2, 0.25) is 0 Å². The van der Waals surface area contributed by atoms with Crippen LogP contribution in [0.25, 0.3) is 0 Å². The fourth-order valence-electron chi connectivity index (χ4n) is 1.65. The molecular weight excluding hydrogens is 295 g/mol. The van der Waals surface area contributed by atoms with E-state index in [0.717, 1.165) is 12.1 Å². The number of carbonyl (C=O) groups excluding carboxylic acids is 2. The van der Waals surface area contributed by atoms with Crippen LogP contribution < -0.4 is 0 Å². The van der Waals surface area contributed by atoms with Gasteiger partial charge in [-0.2, -0.15) is 0 Å². The average molecular weight is 314 g/mol. The zero-order valence-corrected chi connectivity index (χ0v) is 13.3. The Kier molecular flexibility index (Phi) is 5.78. The van der Waals surface area contributed by atoms with Crippen LogP contribution in [0, 0.1) is 5.82 Å². The number of ketones is 1. The van der Waals surface area contributed by atoms with Crippen LogP contribution in [0.4, 0.5) is 4.39 Å². The van der Waals surface area contributed by atoms with Crippen LogP contribution in [-0.4, -0.2) is 28.2 Å². The summed E-state index contributed by atoms with van der Waals surface area (Å²) in [5.41, 5.74) is -0.322. The van der Waals surface area contributed by atoms with E-state index in [-0.39, 0.29) is 34.4 Å². The Morgan fingerprint density at radius 2 is 1.95 bits per heavy atom. The zero-order chi connectivity index (χ0) is 16.2. The van der Waals surface area contributed by atoms with Crippen LogP contribution in [0.2, 0.25) is 0 Å². The molecule has 0 spiro atoms. The molecule has 0 aliphatic carbocycles. The van der Waals surface area contributed by atoms with Gasteiger partial charge < -0.3 is 9.84 Å². The highest BCUT2D eigenvalue weighted by atomic mass is 32.2. The summed E-state index contributed by atoms with van der Waals surface area (Å²) in [7, 11) is 0. The topological polar surface area (TPSA) is 63.6 Å². The lowest BCUT2D eigenvalue weighted by atomic mass is 10.1. The quantitative estimate of drug-likeness (QED) is 0.667. The molecule has 0 heterocycles. The minimum Gasteiger partial charge on any atom is -0.507 e. The van der Waals surface area contributed by atoms with Crippen LogP contribution in [0.1, 0.15) is 43.6 Å². The van der Waals surface area contributed by atoms with Crippen LogP contribution in [0.5, 0.6) is 5.75 Å². The van der Waals surface area contributed by atoms with E-state index in [1.807, 2.05) is 0 Å². The Bertz CT molecular complexity index is 549. The number of aromatic hydroxyl groups is 1. The van der Waals surface area contributed by atoms with Gasteiger partial charge in [0, 0.05) is 11.3 Å². The number of benzene rings is 1. The molecule has 0 saturated heterocycles. The number of Topliss-reactive ketones (excluding diaryl/α,β-unsaturated/α-hetero) is 1. The van der Waals surface area contributed by atoms with Crippen LogP contribution >= 0.6 is 11.8 Å². The maximum absolute atomic E-state index is 13.4. The summed E-state index contributed by atoms with van der Waals surface area (Å²) in [5.74, 6) is -1.32. The average Bonchev–Trinajstić information content (AvgIpc) is 2.30. The summed E-state index contributed by atoms with van der Waals surface area (Å²) < 4.78 is 18.6. The van der Waals surface area contributed by atoms with Gasteiger partial charge in [-0.05, 0) is 39.8 Å². The zero-order valence-electron chi connectivity index (χ0n) is 12.5. The van der Waals surface area contributed by atoms with E-state index in [4.69, 9.17) is 4.74 Å². The Labute approximate surface area is 127 Å². The van der Waals surface area contributed by atoms with Gasteiger partial charge in [0.05, 0.1) is 11.3 Å². The van der Waals surface area contributed by atoms with Gasteiger partial charge in [-0.25, -0.2) is 4.39 Å². The normalized spacial score (nSPS) is 11.3. The van der Waals surface area contributed by atoms with E-state index in [2.05, 4.69) is 0 Å². The molecule has 0 aromatic heterocycles. The second kappa shape index (κ2) is 6.93. The SMILES string of the molecule is CC(=O)c1cc(F)cc(CSCC(=O)OC(C)(C)C)c1O. The molecule has 0 aliphatic rings. The minimum atomic E-state index is -0.592. The van der Waals surface area contributed by atoms with Gasteiger partial charge in [0.1, 0.15) is 17.2 Å². The van der Waals surface area contributed by atoms with Crippen molar-refractivity contribution in [2.75, 3.05) is 5.75 Å². The molecule has 0 unspecified atom stereocenters. The first-order valence-electron chi connectivity index (χ1n) is 6.42. The van der Waals surface area contributed by atoms with Crippen molar-refractivity contribution in [3.63, 3.8) is 0 Å². The van der Waals surface area contributed by atoms with Crippen molar-refractivity contribution in [1.82, 2.24) is 0 Å². The second-order valence-corrected chi connectivity index (χ2v) is 6.58. The van der Waals surface area contributed by atoms with Crippen molar-refractivity contribution < 1.29 is 23.8 Å². The molecular formula is C15H19FO4S. The second-order valence-electron chi connectivity index (χ2n) is 5.60. The minimum absolute atomic E-state index is 0.0529. The summed E-state index contributed by atoms with van der Waals surface area (Å²) in [6.45, 7) is 6.57. The third kappa shape index (κ3) is 5.75. The summed E-state index contributed by atoms with van der Waals surface area (Å²) in [6, 6.07) is 2.16. The maximum atomic E-state index is 13.4. The highest BCUT2D eigenvalue weighted by Gasteiger charge is 2.17. The van der Waals surface area contributed by atoms with Crippen LogP contribution in [-0.2, 0) is 15.3 Å². The molecule has 1 aromatic rings. The first kappa shape index (κ1) is 17.5. The van der Waals surface area contributed by atoms with Crippen molar-refractivity contribution in [2.24, 2.45) is 0 Å². The van der Waals surface area contributed by atoms with Crippen molar-refractivity contribution in [3.8, 4) is 5.75 Å². The van der Waals surface area contributed by atoms with E-state index >= 15 is 0 Å². The van der Waals surface area contributed by atoms with Gasteiger partial charge in [-0.15, -0.1) is 11.8 Å². The van der Waals surface area contributed by atoms with E-state index in [0.29, 0.717) is 0 Å². The van der Waals surface area contributed by atoms with Gasteiger partial charge in [-0.3, -0.25) is 9.59 Å². The number of halogens is 1. The molecule has 0 radical (unpaired) electrons. The number of carbonyl (C=O) groups is 2. The largest absolute Gasteiger partial charge is 0.507 e. The molecule has 0 bridgehead atoms. The first-order chi connectivity index (χ1) is 9.60. The highest BCUT2D eigenvalue weighted by Crippen LogP contribution is 2.28. The fraction of sp³-hybridized carbons (Fsp3) is 0.467. The smallest absolute Gasteiger partial charge is 0.316 e. The molecule has 0 atom stereocenters. The lowest BCUT2D eigenvalue weighted by molar-refractivity contribution is -0.151. The van der Waals surface area contributed by atoms with Crippen LogP contribution in [0.3, 0.4) is 0 Å². The van der Waals surface area contributed by atoms with Gasteiger partial charge in [-0.1, -0.05) is 0 Å². The molecule has 1 N–H and O–H groups in total. The number of esters is 1. The Morgan fingerprint density at radius 1 is 1.33 bits per heavy atom. The molecule has 21 heavy (non-hydrogen) atoms. The maximum Gasteiger partial charge on any atom is 0.316 e. The van der Waals surface area contributed by atoms with Gasteiger partial charge in [0.25, 0.3) is 0 Å². The molecule has 4 nitrogen and oxygen atoms in total. The third-order valence-corrected chi connectivity index (χ3v) is 3.39. The molecule has 0 aliphatic heterocycles. The standard InChI is InChI=1S/C15H19FO4S/c1-9(17)12-6-11(16)5-10(14(12)19)7-21-8-13(18)20-15(2,3)4/h5-6,19H,7-8H2,1-4H3. The molecule has 0 saturated carbocycles. The Hall–Kier alpha value is -1.56. The number of hydrogen-bond acceptors (Lipinski definition) is 5. The van der Waals surface area contributed by atoms with E-state index in [9.17, 15) is 19.1 Å². The first-order valence-corrected chi connectivity index (χ1v) is 7.57. The van der Waals surface area contributed by atoms with Gasteiger partial charge >= 0.3 is 5.97 Å². The van der Waals surface area contributed by atoms with Crippen molar-refractivity contribution in [1.29, 1.82) is 0 Å². The lowest BCUT2D eigenvalue weighted by Gasteiger charge is -2.19. The molecule has 1 aromatic carbocycles. The lowest BCUT2D eigenvalue weighted by Crippen LogP contribution is -2.24. The van der Waals surface area contributed by atoms with Crippen molar-refractivity contribution in [2.45, 2.75) is 39.0 Å². The number of phenols is 1. The molecule has 6 heteroatoms. The van der Waals surface area contributed by atoms with Gasteiger partial charge in [0.15, 0.2) is 5.78 Å². The monoisotopic (exact) mass is 314 g/mol. The summed E-state index contributed by atoms with van der Waals surface area (Å²) in [6.07, 6.45) is 0. The van der Waals surface area contributed by atoms with E-state index in [1.54, 1.807) is 20.8 Å². The number of rotatable bonds is 5. The third-order valence-electron chi connectivity index (χ3n) is 2.43. The molecule has 116 valence electrons. The van der Waals surface area contributed by atoms with Crippen molar-refractivity contribution >= 4 is 23.5 Å². The highest BCUT2D eigenvalue weighted by molar-refractivity contribution is 7.99. The number of thioether (sulfide) groups is 1. The predicted octanol–water partition coefficient (Wildman–Crippen LogP) is 3.31. The van der Waals surface area contributed by atoms with E-state index < -0.39 is 17.2 Å². The van der Waals surface area contributed by atoms with Crippen molar-refractivity contribution in [3.05, 3.63) is 29.1 Å². The number of hydrogen-bond donors (Lipinski definition) is 1. The van der Waals surface area contributed by atoms with Crippen LogP contribution in [0.15, 0.2) is 12.1 Å². The molecule has 0 fully saturated rings. The van der Waals surface area contributed by atoms with E-state index in [1.165, 1.54) is 18.7 Å². The molecule has 1 rings (SSSR count).